The van der Waals surface area contributed by atoms with Gasteiger partial charge in [0.2, 0.25) is 0 Å². The Bertz CT molecular complexity index is 233. The van der Waals surface area contributed by atoms with Crippen LogP contribution in [-0.2, 0) is 0 Å². The van der Waals surface area contributed by atoms with Crippen LogP contribution in [0.25, 0.3) is 0 Å². The summed E-state index contributed by atoms with van der Waals surface area (Å²) in [5.74, 6) is 0. The van der Waals surface area contributed by atoms with Crippen LogP contribution >= 0.6 is 28.6 Å². The Hall–Kier alpha value is 0.1000. The number of thiol groups is 1. The van der Waals surface area contributed by atoms with E-state index in [0.717, 1.165) is 6.08 Å². The van der Waals surface area contributed by atoms with Crippen LogP contribution in [0, 0.1) is 0 Å². The Morgan fingerprint density at radius 2 is 1.92 bits per heavy atom. The van der Waals surface area contributed by atoms with Crippen molar-refractivity contribution in [1.29, 1.82) is 0 Å². The van der Waals surface area contributed by atoms with E-state index in [0.29, 0.717) is 0 Å². The Morgan fingerprint density at radius 1 is 1.33 bits per heavy atom. The Morgan fingerprint density at radius 3 is 2.25 bits per heavy atom. The highest BCUT2D eigenvalue weighted by Crippen LogP contribution is 2.45. The van der Waals surface area contributed by atoms with Crippen molar-refractivity contribution in [3.05, 3.63) is 24.3 Å². The maximum atomic E-state index is 12.4. The molecule has 0 nitrogen and oxygen atoms in total. The molecule has 1 rings (SSSR count). The molecule has 2 unspecified atom stereocenters. The molecule has 12 heavy (non-hydrogen) atoms. The van der Waals surface area contributed by atoms with E-state index < -0.39 is 15.8 Å². The lowest BCUT2D eigenvalue weighted by atomic mass is 9.99. The summed E-state index contributed by atoms with van der Waals surface area (Å²) >= 11 is 6.47. The fourth-order valence-corrected chi connectivity index (χ4v) is 1.50. The van der Waals surface area contributed by atoms with Crippen LogP contribution in [0.1, 0.15) is 0 Å². The lowest BCUT2D eigenvalue weighted by Gasteiger charge is -2.32. The van der Waals surface area contributed by atoms with Gasteiger partial charge in [0, 0.05) is 5.25 Å². The van der Waals surface area contributed by atoms with E-state index in [9.17, 15) is 13.2 Å². The summed E-state index contributed by atoms with van der Waals surface area (Å²) in [5, 5.41) is -0.873. The lowest BCUT2D eigenvalue weighted by Crippen LogP contribution is -2.45. The Kier molecular flexibility index (Phi) is 2.63. The second-order valence-electron chi connectivity index (χ2n) is 2.45. The van der Waals surface area contributed by atoms with E-state index in [1.165, 1.54) is 12.2 Å². The van der Waals surface area contributed by atoms with Gasteiger partial charge in [-0.25, -0.2) is 0 Å². The van der Waals surface area contributed by atoms with Crippen molar-refractivity contribution >= 4 is 28.6 Å². The summed E-state index contributed by atoms with van der Waals surface area (Å²) in [6, 6.07) is 0. The van der Waals surface area contributed by atoms with Gasteiger partial charge in [0.25, 0.3) is 0 Å². The molecular weight excluding hydrogens is 253 g/mol. The minimum absolute atomic E-state index is 0.873. The van der Waals surface area contributed by atoms with Gasteiger partial charge in [-0.1, -0.05) is 40.2 Å². The molecule has 0 amide bonds. The second kappa shape index (κ2) is 3.10. The minimum Gasteiger partial charge on any atom is -0.170 e. The summed E-state index contributed by atoms with van der Waals surface area (Å²) < 4.78 is 35.2. The molecule has 68 valence electrons. The number of hydrogen-bond donors (Lipinski definition) is 1. The van der Waals surface area contributed by atoms with Crippen molar-refractivity contribution in [1.82, 2.24) is 0 Å². The summed E-state index contributed by atoms with van der Waals surface area (Å²) in [6.07, 6.45) is 1.04. The number of halogens is 4. The zero-order valence-electron chi connectivity index (χ0n) is 5.85. The number of allylic oxidation sites excluding steroid dienone is 3. The normalized spacial score (nSPS) is 35.6. The van der Waals surface area contributed by atoms with Crippen molar-refractivity contribution < 1.29 is 13.2 Å². The van der Waals surface area contributed by atoms with E-state index >= 15 is 0 Å². The van der Waals surface area contributed by atoms with Crippen molar-refractivity contribution in [3.8, 4) is 0 Å². The van der Waals surface area contributed by atoms with Crippen LogP contribution in [-0.4, -0.2) is 15.8 Å². The molecule has 0 aliphatic heterocycles. The van der Waals surface area contributed by atoms with Gasteiger partial charge in [-0.3, -0.25) is 0 Å². The Balaban J connectivity index is 2.99. The molecule has 0 fully saturated rings. The van der Waals surface area contributed by atoms with Gasteiger partial charge >= 0.3 is 6.18 Å². The first-order valence-corrected chi connectivity index (χ1v) is 4.48. The number of rotatable bonds is 0. The molecule has 5 heteroatoms. The molecule has 1 aliphatic rings. The van der Waals surface area contributed by atoms with Crippen molar-refractivity contribution in [2.75, 3.05) is 0 Å². The molecule has 0 saturated carbocycles. The van der Waals surface area contributed by atoms with Crippen LogP contribution in [0.3, 0.4) is 0 Å². The standard InChI is InChI=1S/C7H6BrF3S/c8-6(7(9,10)11)4-2-1-3-5(6)12/h1-5,12H. The second-order valence-corrected chi connectivity index (χ2v) is 4.32. The molecule has 0 radical (unpaired) electrons. The summed E-state index contributed by atoms with van der Waals surface area (Å²) in [7, 11) is 0. The first-order valence-electron chi connectivity index (χ1n) is 3.17. The zero-order valence-corrected chi connectivity index (χ0v) is 8.33. The van der Waals surface area contributed by atoms with Gasteiger partial charge in [-0.15, -0.1) is 0 Å². The molecule has 2 atom stereocenters. The van der Waals surface area contributed by atoms with Gasteiger partial charge in [-0.05, 0) is 0 Å². The molecule has 0 spiro atoms. The fourth-order valence-electron chi connectivity index (χ4n) is 0.866. The quantitative estimate of drug-likeness (QED) is 0.501. The maximum absolute atomic E-state index is 12.4. The predicted molar refractivity (Wildman–Crippen MR) is 48.8 cm³/mol. The molecule has 0 aromatic rings. The molecular formula is C7H6BrF3S. The molecule has 0 saturated heterocycles. The molecule has 0 aromatic carbocycles. The SMILES string of the molecule is FC(F)(F)C1(Br)C=CC=CC1S. The molecule has 0 heterocycles. The lowest BCUT2D eigenvalue weighted by molar-refractivity contribution is -0.144. The largest absolute Gasteiger partial charge is 0.408 e. The molecule has 0 aromatic heterocycles. The van der Waals surface area contributed by atoms with Gasteiger partial charge in [0.15, 0.2) is 4.32 Å². The van der Waals surface area contributed by atoms with E-state index in [1.807, 2.05) is 0 Å². The summed E-state index contributed by atoms with van der Waals surface area (Å²) in [5.41, 5.74) is 0. The highest BCUT2D eigenvalue weighted by molar-refractivity contribution is 9.10. The maximum Gasteiger partial charge on any atom is 0.408 e. The first-order chi connectivity index (χ1) is 5.38. The average Bonchev–Trinajstić information content (AvgIpc) is 1.93. The third-order valence-corrected chi connectivity index (χ3v) is 3.75. The van der Waals surface area contributed by atoms with E-state index in [4.69, 9.17) is 0 Å². The van der Waals surface area contributed by atoms with E-state index in [-0.39, 0.29) is 0 Å². The Labute approximate surface area is 82.1 Å². The smallest absolute Gasteiger partial charge is 0.170 e. The van der Waals surface area contributed by atoms with Gasteiger partial charge in [0.1, 0.15) is 0 Å². The summed E-state index contributed by atoms with van der Waals surface area (Å²) in [6.45, 7) is 0. The third kappa shape index (κ3) is 1.57. The third-order valence-electron chi connectivity index (χ3n) is 1.61. The minimum atomic E-state index is -4.32. The van der Waals surface area contributed by atoms with Crippen LogP contribution < -0.4 is 0 Å². The molecule has 0 bridgehead atoms. The van der Waals surface area contributed by atoms with Gasteiger partial charge in [-0.2, -0.15) is 25.8 Å². The summed E-state index contributed by atoms with van der Waals surface area (Å²) in [4.78, 5) is 0. The van der Waals surface area contributed by atoms with E-state index in [2.05, 4.69) is 28.6 Å². The van der Waals surface area contributed by atoms with Crippen molar-refractivity contribution in [2.24, 2.45) is 0 Å². The number of alkyl halides is 4. The molecule has 0 N–H and O–H groups in total. The van der Waals surface area contributed by atoms with Crippen LogP contribution in [0.5, 0.6) is 0 Å². The molecule has 1 aliphatic carbocycles. The van der Waals surface area contributed by atoms with Crippen molar-refractivity contribution in [2.45, 2.75) is 15.8 Å². The van der Waals surface area contributed by atoms with Crippen LogP contribution in [0.2, 0.25) is 0 Å². The first kappa shape index (κ1) is 10.2. The number of hydrogen-bond acceptors (Lipinski definition) is 1. The monoisotopic (exact) mass is 258 g/mol. The fraction of sp³-hybridized carbons (Fsp3) is 0.429. The van der Waals surface area contributed by atoms with Gasteiger partial charge < -0.3 is 0 Å². The highest BCUT2D eigenvalue weighted by atomic mass is 79.9. The highest BCUT2D eigenvalue weighted by Gasteiger charge is 2.55. The van der Waals surface area contributed by atoms with Crippen LogP contribution in [0.4, 0.5) is 13.2 Å². The topological polar surface area (TPSA) is 0 Å². The van der Waals surface area contributed by atoms with Crippen molar-refractivity contribution in [3.63, 3.8) is 0 Å². The van der Waals surface area contributed by atoms with Gasteiger partial charge in [0.05, 0.1) is 0 Å². The zero-order chi connectivity index (χ0) is 9.41. The van der Waals surface area contributed by atoms with Crippen LogP contribution in [0.15, 0.2) is 24.3 Å². The van der Waals surface area contributed by atoms with E-state index in [1.54, 1.807) is 6.08 Å². The average molecular weight is 259 g/mol. The predicted octanol–water partition coefficient (Wildman–Crippen LogP) is 3.11.